The molecule has 3 aromatic carbocycles. The van der Waals surface area contributed by atoms with Crippen LogP contribution < -0.4 is 24.2 Å². The van der Waals surface area contributed by atoms with Crippen LogP contribution in [0.15, 0.2) is 66.7 Å². The zero-order chi connectivity index (χ0) is 28.2. The number of carbonyl (C=O) groups is 2. The molecule has 0 spiro atoms. The normalized spacial score (nSPS) is 12.3. The van der Waals surface area contributed by atoms with E-state index in [2.05, 4.69) is 18.3 Å². The molecule has 0 saturated carbocycles. The number of nitrogens with one attached hydrogen (secondary N) is 1. The van der Waals surface area contributed by atoms with Crippen molar-refractivity contribution in [1.82, 2.24) is 5.32 Å². The SMILES string of the molecule is CCCCC(COCc1ccc(C(=O)N[C@@H](CCSC)C(=O)O)c(-c2ccccc2C)c1)c1ccccc1Cl.[H-].[Li+]. The molecule has 2 N–H and O–H groups in total. The van der Waals surface area contributed by atoms with Gasteiger partial charge in [-0.05, 0) is 77.8 Å². The molecule has 0 aliphatic rings. The van der Waals surface area contributed by atoms with Crippen LogP contribution in [0.1, 0.15) is 67.0 Å². The van der Waals surface area contributed by atoms with Crippen LogP contribution in [0, 0.1) is 6.92 Å². The van der Waals surface area contributed by atoms with Gasteiger partial charge in [0.25, 0.3) is 5.91 Å². The molecule has 0 heterocycles. The smallest absolute Gasteiger partial charge is 1.00 e. The first-order chi connectivity index (χ1) is 18.8. The van der Waals surface area contributed by atoms with Crippen LogP contribution in [0.2, 0.25) is 5.02 Å². The second-order valence-corrected chi connectivity index (χ2v) is 11.1. The summed E-state index contributed by atoms with van der Waals surface area (Å²) in [6.45, 7) is 5.11. The minimum Gasteiger partial charge on any atom is -1.00 e. The van der Waals surface area contributed by atoms with Crippen LogP contribution in [0.4, 0.5) is 0 Å². The van der Waals surface area contributed by atoms with Crippen molar-refractivity contribution in [3.8, 4) is 11.1 Å². The summed E-state index contributed by atoms with van der Waals surface area (Å²) >= 11 is 8.05. The van der Waals surface area contributed by atoms with Gasteiger partial charge in [-0.25, -0.2) is 4.79 Å². The second-order valence-electron chi connectivity index (χ2n) is 9.72. The summed E-state index contributed by atoms with van der Waals surface area (Å²) in [5, 5.41) is 13.1. The van der Waals surface area contributed by atoms with Gasteiger partial charge in [0.2, 0.25) is 0 Å². The average molecular weight is 576 g/mol. The van der Waals surface area contributed by atoms with Gasteiger partial charge in [0, 0.05) is 16.5 Å². The summed E-state index contributed by atoms with van der Waals surface area (Å²) in [4.78, 5) is 25.1. The van der Waals surface area contributed by atoms with Crippen molar-refractivity contribution in [2.45, 2.75) is 58.1 Å². The molecule has 8 heteroatoms. The number of aryl methyl sites for hydroxylation is 1. The molecular weight excluding hydrogens is 537 g/mol. The summed E-state index contributed by atoms with van der Waals surface area (Å²) in [7, 11) is 0. The Kier molecular flexibility index (Phi) is 14.9. The Labute approximate surface area is 261 Å². The fraction of sp³-hybridized carbons (Fsp3) is 0.375. The van der Waals surface area contributed by atoms with E-state index < -0.39 is 17.9 Å². The number of rotatable bonds is 15. The maximum absolute atomic E-state index is 13.3. The molecule has 0 fully saturated rings. The van der Waals surface area contributed by atoms with Gasteiger partial charge in [-0.15, -0.1) is 0 Å². The summed E-state index contributed by atoms with van der Waals surface area (Å²) in [6, 6.07) is 20.5. The molecule has 3 rings (SSSR count). The van der Waals surface area contributed by atoms with E-state index in [4.69, 9.17) is 16.3 Å². The van der Waals surface area contributed by atoms with Crippen LogP contribution in [0.3, 0.4) is 0 Å². The number of ether oxygens (including phenoxy) is 1. The van der Waals surface area contributed by atoms with Gasteiger partial charge in [-0.2, -0.15) is 11.8 Å². The van der Waals surface area contributed by atoms with Crippen molar-refractivity contribution in [3.05, 3.63) is 94.0 Å². The van der Waals surface area contributed by atoms with Crippen molar-refractivity contribution in [2.75, 3.05) is 18.6 Å². The molecule has 2 atom stereocenters. The van der Waals surface area contributed by atoms with Crippen LogP contribution in [0.25, 0.3) is 11.1 Å². The molecule has 0 aliphatic heterocycles. The van der Waals surface area contributed by atoms with Crippen LogP contribution in [-0.4, -0.2) is 41.6 Å². The molecule has 0 bridgehead atoms. The third kappa shape index (κ3) is 9.71. The summed E-state index contributed by atoms with van der Waals surface area (Å²) in [5.41, 5.74) is 5.21. The number of benzene rings is 3. The molecule has 0 aromatic heterocycles. The van der Waals surface area contributed by atoms with E-state index in [9.17, 15) is 14.7 Å². The van der Waals surface area contributed by atoms with Gasteiger partial charge in [-0.3, -0.25) is 4.79 Å². The number of aliphatic carboxylic acids is 1. The van der Waals surface area contributed by atoms with Crippen molar-refractivity contribution in [1.29, 1.82) is 0 Å². The molecule has 0 radical (unpaired) electrons. The Morgan fingerprint density at radius 3 is 2.45 bits per heavy atom. The molecule has 0 saturated heterocycles. The zero-order valence-electron chi connectivity index (χ0n) is 24.9. The van der Waals surface area contributed by atoms with Gasteiger partial charge in [-0.1, -0.05) is 79.9 Å². The molecule has 1 unspecified atom stereocenters. The standard InChI is InChI=1S/C32H38ClNO4S.Li.H/c1-4-5-11-24(26-13-8-9-14-29(26)33)21-38-20-23-15-16-27(28(19-23)25-12-7-6-10-22(25)2)31(35)34-30(32(36)37)17-18-39-3;;/h6-10,12-16,19,24,30H,4-5,11,17-18,20-21H2,1-3H3,(H,34,35)(H,36,37);;/q;+1;-1/t24?,30-;;/m0../s1. The number of carboxylic acids is 1. The van der Waals surface area contributed by atoms with Gasteiger partial charge < -0.3 is 16.6 Å². The molecule has 0 aliphatic carbocycles. The van der Waals surface area contributed by atoms with E-state index in [1.165, 1.54) is 0 Å². The van der Waals surface area contributed by atoms with Gasteiger partial charge >= 0.3 is 24.8 Å². The fourth-order valence-electron chi connectivity index (χ4n) is 4.61. The Bertz CT molecular complexity index is 1260. The molecule has 40 heavy (non-hydrogen) atoms. The second kappa shape index (κ2) is 17.6. The summed E-state index contributed by atoms with van der Waals surface area (Å²) in [5.74, 6) is -0.580. The van der Waals surface area contributed by atoms with E-state index in [-0.39, 0.29) is 26.2 Å². The number of unbranched alkanes of at least 4 members (excludes halogenated alkanes) is 1. The number of amides is 1. The molecule has 210 valence electrons. The minimum atomic E-state index is -1.03. The van der Waals surface area contributed by atoms with Crippen molar-refractivity contribution in [2.24, 2.45) is 0 Å². The van der Waals surface area contributed by atoms with E-state index in [0.717, 1.165) is 52.1 Å². The fourth-order valence-corrected chi connectivity index (χ4v) is 5.37. The first kappa shape index (κ1) is 34.0. The van der Waals surface area contributed by atoms with E-state index in [0.29, 0.717) is 31.0 Å². The number of carbonyl (C=O) groups excluding carboxylic acids is 1. The minimum absolute atomic E-state index is 0. The Hall–Kier alpha value is -2.20. The summed E-state index contributed by atoms with van der Waals surface area (Å²) < 4.78 is 6.21. The largest absolute Gasteiger partial charge is 1.00 e. The Morgan fingerprint density at radius 2 is 1.77 bits per heavy atom. The van der Waals surface area contributed by atoms with E-state index in [1.807, 2.05) is 67.8 Å². The topological polar surface area (TPSA) is 75.6 Å². The molecule has 1 amide bonds. The average Bonchev–Trinajstić information content (AvgIpc) is 2.93. The van der Waals surface area contributed by atoms with Crippen molar-refractivity contribution >= 4 is 35.2 Å². The third-order valence-corrected chi connectivity index (χ3v) is 7.81. The van der Waals surface area contributed by atoms with Gasteiger partial charge in [0.1, 0.15) is 6.04 Å². The van der Waals surface area contributed by atoms with Crippen LogP contribution >= 0.6 is 23.4 Å². The van der Waals surface area contributed by atoms with E-state index in [1.54, 1.807) is 17.8 Å². The van der Waals surface area contributed by atoms with Crippen LogP contribution in [0.5, 0.6) is 0 Å². The van der Waals surface area contributed by atoms with E-state index >= 15 is 0 Å². The Balaban J connectivity index is 0.00000420. The van der Waals surface area contributed by atoms with Gasteiger partial charge in [0.15, 0.2) is 0 Å². The van der Waals surface area contributed by atoms with Crippen molar-refractivity contribution < 1.29 is 39.7 Å². The molecule has 3 aromatic rings. The first-order valence-electron chi connectivity index (χ1n) is 13.4. The summed E-state index contributed by atoms with van der Waals surface area (Å²) in [6.07, 6.45) is 5.46. The Morgan fingerprint density at radius 1 is 1.05 bits per heavy atom. The predicted molar refractivity (Wildman–Crippen MR) is 163 cm³/mol. The monoisotopic (exact) mass is 575 g/mol. The first-order valence-corrected chi connectivity index (χ1v) is 15.2. The maximum Gasteiger partial charge on any atom is 1.00 e. The number of hydrogen-bond donors (Lipinski definition) is 2. The van der Waals surface area contributed by atoms with Crippen molar-refractivity contribution in [3.63, 3.8) is 0 Å². The number of hydrogen-bond acceptors (Lipinski definition) is 4. The van der Waals surface area contributed by atoms with Gasteiger partial charge in [0.05, 0.1) is 13.2 Å². The maximum atomic E-state index is 13.3. The quantitative estimate of drug-likeness (QED) is 0.253. The molecular formula is C32H39ClLiNO4S. The van der Waals surface area contributed by atoms with Crippen LogP contribution in [-0.2, 0) is 16.1 Å². The third-order valence-electron chi connectivity index (χ3n) is 6.82. The molecule has 5 nitrogen and oxygen atoms in total. The number of thioether (sulfide) groups is 1. The zero-order valence-corrected chi connectivity index (χ0v) is 25.5. The number of carboxylic acid groups (broad SMARTS) is 1. The number of halogens is 1. The predicted octanol–water partition coefficient (Wildman–Crippen LogP) is 4.86.